The van der Waals surface area contributed by atoms with Crippen LogP contribution in [0, 0.1) is 11.7 Å². The fraction of sp³-hybridized carbons (Fsp3) is 0.636. The third-order valence-electron chi connectivity index (χ3n) is 5.61. The van der Waals surface area contributed by atoms with Crippen LogP contribution >= 0.6 is 11.8 Å². The number of nitrogens with zero attached hydrogens (tertiary/aromatic N) is 2. The van der Waals surface area contributed by atoms with Crippen LogP contribution in [0.4, 0.5) is 4.39 Å². The number of amides is 1. The lowest BCUT2D eigenvalue weighted by molar-refractivity contribution is -0.134. The fourth-order valence-corrected chi connectivity index (χ4v) is 4.86. The number of guanidine groups is 1. The van der Waals surface area contributed by atoms with Crippen LogP contribution in [0.3, 0.4) is 0 Å². The van der Waals surface area contributed by atoms with Crippen molar-refractivity contribution in [3.05, 3.63) is 35.6 Å². The molecule has 0 aromatic heterocycles. The summed E-state index contributed by atoms with van der Waals surface area (Å²) in [5.74, 6) is 2.76. The molecule has 2 aliphatic rings. The van der Waals surface area contributed by atoms with Crippen molar-refractivity contribution in [2.45, 2.75) is 50.8 Å². The Kier molecular flexibility index (Phi) is 8.65. The van der Waals surface area contributed by atoms with Gasteiger partial charge in [0.1, 0.15) is 5.82 Å². The lowest BCUT2D eigenvalue weighted by Crippen LogP contribution is -2.45. The Balaban J connectivity index is 1.41. The van der Waals surface area contributed by atoms with E-state index in [2.05, 4.69) is 22.5 Å². The molecule has 1 saturated heterocycles. The Morgan fingerprint density at radius 2 is 2.07 bits per heavy atom. The van der Waals surface area contributed by atoms with Crippen molar-refractivity contribution in [3.63, 3.8) is 0 Å². The van der Waals surface area contributed by atoms with Crippen LogP contribution in [-0.4, -0.2) is 54.7 Å². The minimum Gasteiger partial charge on any atom is -0.357 e. The SMILES string of the molecule is CCNC(=NCCSCc1ccccc1F)NC1CCN(C(=O)C2CCCC2)C1. The van der Waals surface area contributed by atoms with Crippen LogP contribution in [0.1, 0.15) is 44.6 Å². The summed E-state index contributed by atoms with van der Waals surface area (Å²) in [6.45, 7) is 5.12. The van der Waals surface area contributed by atoms with Gasteiger partial charge in [0.2, 0.25) is 5.91 Å². The quantitative estimate of drug-likeness (QED) is 0.384. The number of thioether (sulfide) groups is 1. The molecular weight excluding hydrogens is 387 g/mol. The summed E-state index contributed by atoms with van der Waals surface area (Å²) in [5, 5.41) is 6.78. The Morgan fingerprint density at radius 1 is 1.28 bits per heavy atom. The molecule has 1 unspecified atom stereocenters. The Labute approximate surface area is 177 Å². The average Bonchev–Trinajstić information content (AvgIpc) is 3.41. The molecule has 29 heavy (non-hydrogen) atoms. The van der Waals surface area contributed by atoms with Crippen LogP contribution in [-0.2, 0) is 10.5 Å². The predicted octanol–water partition coefficient (Wildman–Crippen LogP) is 3.41. The molecule has 1 atom stereocenters. The second-order valence-electron chi connectivity index (χ2n) is 7.80. The summed E-state index contributed by atoms with van der Waals surface area (Å²) >= 11 is 1.69. The van der Waals surface area contributed by atoms with Gasteiger partial charge in [0.05, 0.1) is 6.54 Å². The molecular formula is C22H33FN4OS. The van der Waals surface area contributed by atoms with Gasteiger partial charge in [-0.2, -0.15) is 11.8 Å². The molecule has 5 nitrogen and oxygen atoms in total. The maximum atomic E-state index is 13.7. The first kappa shape index (κ1) is 21.9. The number of benzene rings is 1. The summed E-state index contributed by atoms with van der Waals surface area (Å²) < 4.78 is 13.7. The zero-order chi connectivity index (χ0) is 20.5. The number of hydrogen-bond acceptors (Lipinski definition) is 3. The van der Waals surface area contributed by atoms with E-state index in [0.29, 0.717) is 18.2 Å². The number of rotatable bonds is 8. The summed E-state index contributed by atoms with van der Waals surface area (Å²) in [6, 6.07) is 7.17. The van der Waals surface area contributed by atoms with Crippen molar-refractivity contribution in [3.8, 4) is 0 Å². The highest BCUT2D eigenvalue weighted by molar-refractivity contribution is 7.98. The summed E-state index contributed by atoms with van der Waals surface area (Å²) in [7, 11) is 0. The molecule has 160 valence electrons. The number of hydrogen-bond donors (Lipinski definition) is 2. The van der Waals surface area contributed by atoms with Gasteiger partial charge in [0, 0.05) is 43.1 Å². The number of carbonyl (C=O) groups is 1. The van der Waals surface area contributed by atoms with Gasteiger partial charge in [-0.25, -0.2) is 4.39 Å². The molecule has 1 aliphatic carbocycles. The van der Waals surface area contributed by atoms with Gasteiger partial charge in [-0.05, 0) is 37.8 Å². The minimum atomic E-state index is -0.142. The minimum absolute atomic E-state index is 0.142. The summed E-state index contributed by atoms with van der Waals surface area (Å²) in [4.78, 5) is 19.3. The van der Waals surface area contributed by atoms with E-state index in [1.807, 2.05) is 17.0 Å². The largest absolute Gasteiger partial charge is 0.357 e. The lowest BCUT2D eigenvalue weighted by Gasteiger charge is -2.21. The third kappa shape index (κ3) is 6.63. The average molecular weight is 421 g/mol. The van der Waals surface area contributed by atoms with Crippen molar-refractivity contribution in [1.29, 1.82) is 0 Å². The highest BCUT2D eigenvalue weighted by atomic mass is 32.2. The van der Waals surface area contributed by atoms with Gasteiger partial charge in [0.15, 0.2) is 5.96 Å². The van der Waals surface area contributed by atoms with Gasteiger partial charge in [-0.15, -0.1) is 0 Å². The van der Waals surface area contributed by atoms with Crippen LogP contribution < -0.4 is 10.6 Å². The van der Waals surface area contributed by atoms with Crippen LogP contribution in [0.25, 0.3) is 0 Å². The lowest BCUT2D eigenvalue weighted by atomic mass is 10.1. The molecule has 1 aliphatic heterocycles. The molecule has 0 radical (unpaired) electrons. The zero-order valence-corrected chi connectivity index (χ0v) is 18.1. The van der Waals surface area contributed by atoms with Gasteiger partial charge in [-0.1, -0.05) is 31.0 Å². The fourth-order valence-electron chi connectivity index (χ4n) is 4.04. The normalized spacial score (nSPS) is 20.3. The Hall–Kier alpha value is -1.76. The van der Waals surface area contributed by atoms with Crippen LogP contribution in [0.2, 0.25) is 0 Å². The topological polar surface area (TPSA) is 56.7 Å². The predicted molar refractivity (Wildman–Crippen MR) is 119 cm³/mol. The highest BCUT2D eigenvalue weighted by Gasteiger charge is 2.32. The smallest absolute Gasteiger partial charge is 0.225 e. The van der Waals surface area contributed by atoms with Gasteiger partial charge >= 0.3 is 0 Å². The van der Waals surface area contributed by atoms with E-state index < -0.39 is 0 Å². The highest BCUT2D eigenvalue weighted by Crippen LogP contribution is 2.27. The third-order valence-corrected chi connectivity index (χ3v) is 6.60. The standard InChI is InChI=1S/C22H33FN4OS/c1-2-24-22(25-12-14-29-16-18-9-5-6-10-20(18)23)26-19-11-13-27(15-19)21(28)17-7-3-4-8-17/h5-6,9-10,17,19H,2-4,7-8,11-16H2,1H3,(H2,24,25,26). The van der Waals surface area contributed by atoms with E-state index in [4.69, 9.17) is 0 Å². The number of aliphatic imine (C=N–C) groups is 1. The van der Waals surface area contributed by atoms with E-state index in [-0.39, 0.29) is 17.8 Å². The van der Waals surface area contributed by atoms with Crippen LogP contribution in [0.15, 0.2) is 29.3 Å². The van der Waals surface area contributed by atoms with Crippen molar-refractivity contribution in [2.24, 2.45) is 10.9 Å². The Bertz CT molecular complexity index is 693. The molecule has 1 aromatic carbocycles. The van der Waals surface area contributed by atoms with E-state index in [9.17, 15) is 9.18 Å². The van der Waals surface area contributed by atoms with Crippen molar-refractivity contribution in [1.82, 2.24) is 15.5 Å². The van der Waals surface area contributed by atoms with Gasteiger partial charge < -0.3 is 15.5 Å². The maximum absolute atomic E-state index is 13.7. The molecule has 7 heteroatoms. The number of nitrogens with one attached hydrogen (secondary N) is 2. The molecule has 0 spiro atoms. The Morgan fingerprint density at radius 3 is 2.83 bits per heavy atom. The second-order valence-corrected chi connectivity index (χ2v) is 8.91. The summed E-state index contributed by atoms with van der Waals surface area (Å²) in [6.07, 6.45) is 5.46. The van der Waals surface area contributed by atoms with Crippen LogP contribution in [0.5, 0.6) is 0 Å². The van der Waals surface area contributed by atoms with Crippen molar-refractivity contribution in [2.75, 3.05) is 31.9 Å². The molecule has 2 N–H and O–H groups in total. The maximum Gasteiger partial charge on any atom is 0.225 e. The first-order valence-electron chi connectivity index (χ1n) is 10.8. The van der Waals surface area contributed by atoms with E-state index >= 15 is 0 Å². The number of likely N-dealkylation sites (tertiary alicyclic amines) is 1. The van der Waals surface area contributed by atoms with Gasteiger partial charge in [-0.3, -0.25) is 9.79 Å². The second kappa shape index (κ2) is 11.4. The zero-order valence-electron chi connectivity index (χ0n) is 17.3. The van der Waals surface area contributed by atoms with Gasteiger partial charge in [0.25, 0.3) is 0 Å². The summed E-state index contributed by atoms with van der Waals surface area (Å²) in [5.41, 5.74) is 0.740. The monoisotopic (exact) mass is 420 g/mol. The van der Waals surface area contributed by atoms with Crippen molar-refractivity contribution < 1.29 is 9.18 Å². The molecule has 1 aromatic rings. The molecule has 3 rings (SSSR count). The molecule has 1 heterocycles. The van der Waals surface area contributed by atoms with E-state index in [1.54, 1.807) is 17.8 Å². The molecule has 1 amide bonds. The van der Waals surface area contributed by atoms with Crippen molar-refractivity contribution >= 4 is 23.6 Å². The number of carbonyl (C=O) groups excluding carboxylic acids is 1. The molecule has 1 saturated carbocycles. The van der Waals surface area contributed by atoms with E-state index in [1.165, 1.54) is 18.9 Å². The number of halogens is 1. The first-order chi connectivity index (χ1) is 14.2. The molecule has 2 fully saturated rings. The first-order valence-corrected chi connectivity index (χ1v) is 12.0. The van der Waals surface area contributed by atoms with E-state index in [0.717, 1.165) is 56.2 Å². The molecule has 0 bridgehead atoms.